The fourth-order valence-corrected chi connectivity index (χ4v) is 5.01. The van der Waals surface area contributed by atoms with Crippen LogP contribution in [0.1, 0.15) is 55.5 Å². The van der Waals surface area contributed by atoms with Gasteiger partial charge in [0.15, 0.2) is 5.82 Å². The standard InChI is InChI=1S/C30H35ClFN7O2/c1-6-8-12-38(19(3)16-34-4)29(35-5)22-14-23(31)27(26-24(32)10-9-11-25(26)41)37-30(22)39(18-40)28-21(7-2)13-20(15-33)17-36-28/h6,10,13-14,17-19,34,41H,1,7-9,11-12,16H2,2-5H3/b35-29+. The zero-order chi connectivity index (χ0) is 30.1. The number of aliphatic hydroxyl groups is 1. The molecular weight excluding hydrogens is 545 g/mol. The Morgan fingerprint density at radius 3 is 2.76 bits per heavy atom. The monoisotopic (exact) mass is 579 g/mol. The first kappa shape index (κ1) is 31.5. The van der Waals surface area contributed by atoms with E-state index in [4.69, 9.17) is 16.6 Å². The predicted octanol–water partition coefficient (Wildman–Crippen LogP) is 5.64. The summed E-state index contributed by atoms with van der Waals surface area (Å²) in [6.07, 6.45) is 6.81. The maximum atomic E-state index is 15.1. The third kappa shape index (κ3) is 6.81. The number of anilines is 2. The van der Waals surface area contributed by atoms with Crippen LogP contribution < -0.4 is 10.2 Å². The first-order valence-electron chi connectivity index (χ1n) is 13.4. The van der Waals surface area contributed by atoms with Crippen molar-refractivity contribution in [3.63, 3.8) is 0 Å². The van der Waals surface area contributed by atoms with Gasteiger partial charge in [0.2, 0.25) is 6.41 Å². The lowest BCUT2D eigenvalue weighted by molar-refractivity contribution is -0.106. The summed E-state index contributed by atoms with van der Waals surface area (Å²) < 4.78 is 15.1. The van der Waals surface area contributed by atoms with Crippen LogP contribution in [0.2, 0.25) is 5.02 Å². The Balaban J connectivity index is 2.38. The van der Waals surface area contributed by atoms with E-state index in [9.17, 15) is 15.2 Å². The number of amides is 1. The molecule has 9 nitrogen and oxygen atoms in total. The molecule has 3 rings (SSSR count). The van der Waals surface area contributed by atoms with Crippen molar-refractivity contribution < 1.29 is 14.3 Å². The van der Waals surface area contributed by atoms with E-state index in [-0.39, 0.29) is 46.1 Å². The topological polar surface area (TPSA) is 118 Å². The van der Waals surface area contributed by atoms with Crippen LogP contribution in [0.3, 0.4) is 0 Å². The molecule has 0 spiro atoms. The number of aromatic nitrogens is 2. The molecule has 41 heavy (non-hydrogen) atoms. The van der Waals surface area contributed by atoms with Gasteiger partial charge in [0.25, 0.3) is 0 Å². The number of amidine groups is 1. The molecule has 2 aromatic heterocycles. The summed E-state index contributed by atoms with van der Waals surface area (Å²) in [4.78, 5) is 29.8. The van der Waals surface area contributed by atoms with E-state index >= 15 is 4.39 Å². The molecule has 0 fully saturated rings. The second-order valence-corrected chi connectivity index (χ2v) is 9.88. The van der Waals surface area contributed by atoms with Crippen LogP contribution in [0.5, 0.6) is 0 Å². The normalized spacial score (nSPS) is 14.3. The molecular formula is C30H35ClFN7O2. The molecule has 1 aliphatic rings. The van der Waals surface area contributed by atoms with Gasteiger partial charge in [-0.25, -0.2) is 19.3 Å². The molecule has 0 saturated carbocycles. The number of allylic oxidation sites excluding steroid dienone is 4. The van der Waals surface area contributed by atoms with Crippen LogP contribution in [0.4, 0.5) is 16.0 Å². The van der Waals surface area contributed by atoms with Crippen LogP contribution in [0.15, 0.2) is 53.6 Å². The molecule has 216 valence electrons. The molecule has 1 unspecified atom stereocenters. The average molecular weight is 580 g/mol. The van der Waals surface area contributed by atoms with E-state index in [1.165, 1.54) is 17.2 Å². The van der Waals surface area contributed by atoms with E-state index in [2.05, 4.69) is 32.8 Å². The van der Waals surface area contributed by atoms with Gasteiger partial charge in [-0.2, -0.15) is 5.26 Å². The lowest BCUT2D eigenvalue weighted by Crippen LogP contribution is -2.45. The summed E-state index contributed by atoms with van der Waals surface area (Å²) in [5.74, 6) is 0.0385. The lowest BCUT2D eigenvalue weighted by Gasteiger charge is -2.33. The number of aliphatic hydroxyl groups excluding tert-OH is 1. The van der Waals surface area contributed by atoms with Crippen LogP contribution in [-0.2, 0) is 11.2 Å². The molecule has 0 saturated heterocycles. The Kier molecular flexibility index (Phi) is 11.1. The van der Waals surface area contributed by atoms with Crippen molar-refractivity contribution >= 4 is 41.1 Å². The Bertz CT molecular complexity index is 1430. The number of carbonyl (C=O) groups is 1. The number of nitrogens with zero attached hydrogens (tertiary/aromatic N) is 6. The van der Waals surface area contributed by atoms with Crippen LogP contribution in [-0.4, -0.2) is 65.4 Å². The zero-order valence-electron chi connectivity index (χ0n) is 23.8. The first-order chi connectivity index (χ1) is 19.8. The van der Waals surface area contributed by atoms with Gasteiger partial charge in [-0.3, -0.25) is 9.79 Å². The summed E-state index contributed by atoms with van der Waals surface area (Å²) in [6.45, 7) is 8.97. The summed E-state index contributed by atoms with van der Waals surface area (Å²) in [7, 11) is 3.49. The van der Waals surface area contributed by atoms with E-state index in [0.717, 1.165) is 0 Å². The average Bonchev–Trinajstić information content (AvgIpc) is 2.97. The molecule has 0 aliphatic heterocycles. The zero-order valence-corrected chi connectivity index (χ0v) is 24.5. The number of carbonyl (C=O) groups excluding carboxylic acids is 1. The van der Waals surface area contributed by atoms with Gasteiger partial charge < -0.3 is 15.3 Å². The van der Waals surface area contributed by atoms with Gasteiger partial charge in [-0.1, -0.05) is 24.6 Å². The highest BCUT2D eigenvalue weighted by atomic mass is 35.5. The lowest BCUT2D eigenvalue weighted by atomic mass is 9.99. The number of hydrogen-bond acceptors (Lipinski definition) is 7. The van der Waals surface area contributed by atoms with Gasteiger partial charge in [0.05, 0.1) is 27.4 Å². The Morgan fingerprint density at radius 2 is 2.17 bits per heavy atom. The van der Waals surface area contributed by atoms with E-state index in [0.29, 0.717) is 61.3 Å². The summed E-state index contributed by atoms with van der Waals surface area (Å²) >= 11 is 6.75. The number of nitriles is 1. The smallest absolute Gasteiger partial charge is 0.221 e. The highest BCUT2D eigenvalue weighted by Crippen LogP contribution is 2.39. The number of pyridine rings is 2. The van der Waals surface area contributed by atoms with Gasteiger partial charge in [0, 0.05) is 38.8 Å². The number of nitrogens with one attached hydrogen (secondary N) is 1. The summed E-state index contributed by atoms with van der Waals surface area (Å²) in [5, 5.41) is 23.3. The van der Waals surface area contributed by atoms with Gasteiger partial charge in [-0.05, 0) is 57.0 Å². The molecule has 2 N–H and O–H groups in total. The molecule has 1 atom stereocenters. The minimum Gasteiger partial charge on any atom is -0.511 e. The van der Waals surface area contributed by atoms with Crippen molar-refractivity contribution in [2.45, 2.75) is 45.6 Å². The SMILES string of the molecule is C=CCCN(/C(=N/C)c1cc(Cl)c(C2=C(O)CCC=C2F)nc1N(C=O)c1ncc(C#N)cc1CC)C(C)CNC. The molecule has 1 amide bonds. The molecule has 2 heterocycles. The van der Waals surface area contributed by atoms with Gasteiger partial charge in [0.1, 0.15) is 29.3 Å². The van der Waals surface area contributed by atoms with Crippen molar-refractivity contribution in [3.8, 4) is 6.07 Å². The summed E-state index contributed by atoms with van der Waals surface area (Å²) in [6, 6.07) is 5.29. The van der Waals surface area contributed by atoms with E-state index in [1.54, 1.807) is 25.3 Å². The maximum Gasteiger partial charge on any atom is 0.221 e. The molecule has 11 heteroatoms. The van der Waals surface area contributed by atoms with Crippen molar-refractivity contribution in [1.82, 2.24) is 20.2 Å². The van der Waals surface area contributed by atoms with Crippen molar-refractivity contribution in [2.75, 3.05) is 32.1 Å². The number of aliphatic imine (C=N–C) groups is 1. The van der Waals surface area contributed by atoms with E-state index in [1.807, 2.05) is 20.9 Å². The van der Waals surface area contributed by atoms with Crippen molar-refractivity contribution in [3.05, 3.63) is 76.1 Å². The van der Waals surface area contributed by atoms with Crippen LogP contribution >= 0.6 is 11.6 Å². The molecule has 1 aliphatic carbocycles. The maximum absolute atomic E-state index is 15.1. The Hall–Kier alpha value is -4.07. The van der Waals surface area contributed by atoms with Crippen LogP contribution in [0, 0.1) is 11.3 Å². The third-order valence-electron chi connectivity index (χ3n) is 6.77. The number of aryl methyl sites for hydroxylation is 1. The fourth-order valence-electron chi connectivity index (χ4n) is 4.77. The minimum atomic E-state index is -0.648. The van der Waals surface area contributed by atoms with Crippen LogP contribution in [0.25, 0.3) is 5.57 Å². The number of likely N-dealkylation sites (N-methyl/N-ethyl adjacent to an activating group) is 1. The third-order valence-corrected chi connectivity index (χ3v) is 7.06. The quantitative estimate of drug-likeness (QED) is 0.145. The summed E-state index contributed by atoms with van der Waals surface area (Å²) in [5.41, 5.74) is 1.26. The molecule has 0 aromatic carbocycles. The van der Waals surface area contributed by atoms with Crippen molar-refractivity contribution in [2.24, 2.45) is 4.99 Å². The van der Waals surface area contributed by atoms with Gasteiger partial charge >= 0.3 is 0 Å². The molecule has 0 bridgehead atoms. The second-order valence-electron chi connectivity index (χ2n) is 9.47. The highest BCUT2D eigenvalue weighted by Gasteiger charge is 2.30. The molecule has 0 radical (unpaired) electrons. The first-order valence-corrected chi connectivity index (χ1v) is 13.8. The second kappa shape index (κ2) is 14.5. The van der Waals surface area contributed by atoms with E-state index < -0.39 is 5.83 Å². The Morgan fingerprint density at radius 1 is 1.41 bits per heavy atom. The molecule has 2 aromatic rings. The number of hydrogen-bond donors (Lipinski definition) is 2. The Labute approximate surface area is 245 Å². The largest absolute Gasteiger partial charge is 0.511 e. The fraction of sp³-hybridized carbons (Fsp3) is 0.367. The predicted molar refractivity (Wildman–Crippen MR) is 161 cm³/mol. The highest BCUT2D eigenvalue weighted by molar-refractivity contribution is 6.33. The number of rotatable bonds is 12. The minimum absolute atomic E-state index is 0.00808. The van der Waals surface area contributed by atoms with Crippen molar-refractivity contribution in [1.29, 1.82) is 5.26 Å². The van der Waals surface area contributed by atoms with Gasteiger partial charge in [-0.15, -0.1) is 6.58 Å². The number of halogens is 2.